The minimum Gasteiger partial charge on any atom is -0.383 e. The van der Waals surface area contributed by atoms with Crippen LogP contribution in [0.15, 0.2) is 36.5 Å². The average molecular weight is 507 g/mol. The Morgan fingerprint density at radius 1 is 1.14 bits per heavy atom. The summed E-state index contributed by atoms with van der Waals surface area (Å²) in [6.07, 6.45) is 2.41. The van der Waals surface area contributed by atoms with Gasteiger partial charge in [-0.05, 0) is 31.5 Å². The van der Waals surface area contributed by atoms with Crippen molar-refractivity contribution in [2.45, 2.75) is 25.9 Å². The number of nitrogens with one attached hydrogen (secondary N) is 2. The van der Waals surface area contributed by atoms with Crippen LogP contribution >= 0.6 is 0 Å². The third-order valence-electron chi connectivity index (χ3n) is 6.26. The molecule has 0 radical (unpaired) electrons. The largest absolute Gasteiger partial charge is 0.383 e. The smallest absolute Gasteiger partial charge is 0.323 e. The Balaban J connectivity index is 1.42. The number of methoxy groups -OCH3 is 1. The zero-order chi connectivity index (χ0) is 25.0. The number of ether oxygens (including phenoxy) is 1. The van der Waals surface area contributed by atoms with Gasteiger partial charge in [0.05, 0.1) is 24.2 Å². The van der Waals surface area contributed by atoms with Gasteiger partial charge in [-0.25, -0.2) is 9.18 Å². The molecule has 35 heavy (non-hydrogen) atoms. The Kier molecular flexibility index (Phi) is 7.97. The van der Waals surface area contributed by atoms with E-state index in [1.165, 1.54) is 20.9 Å². The molecule has 2 fully saturated rings. The molecular weight excluding hydrogens is 475 g/mol. The van der Waals surface area contributed by atoms with Crippen LogP contribution in [0.25, 0.3) is 0 Å². The van der Waals surface area contributed by atoms with Gasteiger partial charge in [0.1, 0.15) is 0 Å². The maximum atomic E-state index is 15.3. The number of anilines is 2. The molecule has 2 saturated heterocycles. The fourth-order valence-corrected chi connectivity index (χ4v) is 5.88. The molecule has 0 unspecified atom stereocenters. The van der Waals surface area contributed by atoms with Crippen molar-refractivity contribution < 1.29 is 22.3 Å². The van der Waals surface area contributed by atoms with E-state index in [2.05, 4.69) is 15.6 Å². The first kappa shape index (κ1) is 25.5. The van der Waals surface area contributed by atoms with Crippen LogP contribution in [0.1, 0.15) is 17.7 Å². The molecule has 2 aliphatic rings. The summed E-state index contributed by atoms with van der Waals surface area (Å²) < 4.78 is 49.2. The highest BCUT2D eigenvalue weighted by atomic mass is 32.2. The van der Waals surface area contributed by atoms with Gasteiger partial charge in [-0.3, -0.25) is 9.88 Å². The summed E-state index contributed by atoms with van der Waals surface area (Å²) in [6, 6.07) is 7.52. The zero-order valence-corrected chi connectivity index (χ0v) is 20.7. The van der Waals surface area contributed by atoms with E-state index in [4.69, 9.17) is 4.74 Å². The third kappa shape index (κ3) is 5.96. The maximum absolute atomic E-state index is 15.3. The van der Waals surface area contributed by atoms with Crippen LogP contribution in [0.2, 0.25) is 0 Å². The van der Waals surface area contributed by atoms with E-state index in [9.17, 15) is 13.2 Å². The molecule has 1 atom stereocenters. The molecule has 4 rings (SSSR count). The number of halogens is 1. The molecule has 0 saturated carbocycles. The first-order chi connectivity index (χ1) is 16.8. The van der Waals surface area contributed by atoms with Crippen LogP contribution in [0.4, 0.5) is 20.6 Å². The summed E-state index contributed by atoms with van der Waals surface area (Å²) in [5.41, 5.74) is 1.78. The lowest BCUT2D eigenvalue weighted by Gasteiger charge is -2.43. The van der Waals surface area contributed by atoms with E-state index in [1.54, 1.807) is 31.4 Å². The number of amides is 2. The Morgan fingerprint density at radius 2 is 1.94 bits per heavy atom. The van der Waals surface area contributed by atoms with Crippen molar-refractivity contribution in [1.82, 2.24) is 18.5 Å². The van der Waals surface area contributed by atoms with E-state index in [-0.39, 0.29) is 24.8 Å². The molecular formula is C23H31FN6O4S. The fraction of sp³-hybridized carbons (Fsp3) is 0.478. The Hall–Kier alpha value is -2.64. The Bertz CT molecular complexity index is 1140. The summed E-state index contributed by atoms with van der Waals surface area (Å²) in [5, 5.41) is 5.19. The van der Waals surface area contributed by atoms with Crippen molar-refractivity contribution in [1.29, 1.82) is 0 Å². The van der Waals surface area contributed by atoms with Crippen LogP contribution in [0.5, 0.6) is 0 Å². The van der Waals surface area contributed by atoms with E-state index < -0.39 is 22.1 Å². The highest BCUT2D eigenvalue weighted by Crippen LogP contribution is 2.25. The quantitative estimate of drug-likeness (QED) is 0.569. The molecule has 2 aliphatic heterocycles. The van der Waals surface area contributed by atoms with Crippen molar-refractivity contribution in [2.24, 2.45) is 0 Å². The van der Waals surface area contributed by atoms with Crippen LogP contribution in [0.3, 0.4) is 0 Å². The number of piperazine rings is 1. The van der Waals surface area contributed by atoms with Crippen molar-refractivity contribution >= 4 is 27.6 Å². The minimum absolute atomic E-state index is 0.0577. The first-order valence-corrected chi connectivity index (χ1v) is 12.9. The molecule has 2 amide bonds. The van der Waals surface area contributed by atoms with Crippen LogP contribution in [-0.4, -0.2) is 85.4 Å². The van der Waals surface area contributed by atoms with Crippen molar-refractivity contribution in [3.05, 3.63) is 53.6 Å². The third-order valence-corrected chi connectivity index (χ3v) is 8.27. The van der Waals surface area contributed by atoms with Gasteiger partial charge in [-0.1, -0.05) is 12.1 Å². The number of aromatic nitrogens is 1. The Labute approximate surface area is 205 Å². The minimum atomic E-state index is -3.48. The summed E-state index contributed by atoms with van der Waals surface area (Å²) >= 11 is 0. The van der Waals surface area contributed by atoms with Gasteiger partial charge >= 0.3 is 6.03 Å². The average Bonchev–Trinajstić information content (AvgIpc) is 2.78. The number of urea groups is 1. The van der Waals surface area contributed by atoms with Crippen LogP contribution in [-0.2, 0) is 21.5 Å². The molecule has 10 nitrogen and oxygen atoms in total. The zero-order valence-electron chi connectivity index (χ0n) is 19.9. The van der Waals surface area contributed by atoms with Gasteiger partial charge in [0.2, 0.25) is 0 Å². The van der Waals surface area contributed by atoms with Crippen molar-refractivity contribution in [3.63, 3.8) is 0 Å². The van der Waals surface area contributed by atoms with Crippen molar-refractivity contribution in [3.8, 4) is 0 Å². The summed E-state index contributed by atoms with van der Waals surface area (Å²) in [4.78, 5) is 18.5. The lowest BCUT2D eigenvalue weighted by molar-refractivity contribution is 0.0425. The molecule has 12 heteroatoms. The van der Waals surface area contributed by atoms with Gasteiger partial charge < -0.3 is 15.4 Å². The number of benzene rings is 1. The topological polar surface area (TPSA) is 107 Å². The molecule has 1 aromatic carbocycles. The molecule has 0 bridgehead atoms. The lowest BCUT2D eigenvalue weighted by atomic mass is 10.1. The number of carbonyl (C=O) groups is 1. The van der Waals surface area contributed by atoms with Gasteiger partial charge in [-0.15, -0.1) is 0 Å². The number of hydrogen-bond donors (Lipinski definition) is 2. The molecule has 3 heterocycles. The fourth-order valence-electron chi connectivity index (χ4n) is 4.16. The predicted molar refractivity (Wildman–Crippen MR) is 131 cm³/mol. The van der Waals surface area contributed by atoms with E-state index in [0.29, 0.717) is 44.0 Å². The van der Waals surface area contributed by atoms with E-state index >= 15 is 4.39 Å². The number of aryl methyl sites for hydroxylation is 1. The van der Waals surface area contributed by atoms with Gasteiger partial charge in [-0.2, -0.15) is 17.0 Å². The van der Waals surface area contributed by atoms with Gasteiger partial charge in [0.15, 0.2) is 5.82 Å². The second-order valence-corrected chi connectivity index (χ2v) is 10.7. The summed E-state index contributed by atoms with van der Waals surface area (Å²) in [6.45, 7) is 4.57. The standard InChI is InChI=1S/C23H31FN6O4S/c1-17-7-8-19(13-25-17)26-23(31)27-21-6-3-5-18(22(21)24)14-28-11-12-30(15-20(28)16-34-2)35(32,33)29-9-4-10-29/h3,5-8,13,20H,4,9-12,14-16H2,1-2H3,(H2,26,27,31)/t20-/m1/s1. The van der Waals surface area contributed by atoms with Gasteiger partial charge in [0, 0.05) is 63.7 Å². The second-order valence-electron chi connectivity index (χ2n) is 8.74. The van der Waals surface area contributed by atoms with E-state index in [1.807, 2.05) is 11.8 Å². The highest BCUT2D eigenvalue weighted by molar-refractivity contribution is 7.86. The first-order valence-electron chi connectivity index (χ1n) is 11.5. The molecule has 0 spiro atoms. The number of nitrogens with zero attached hydrogens (tertiary/aromatic N) is 4. The molecule has 2 N–H and O–H groups in total. The normalized spacial score (nSPS) is 19.8. The lowest BCUT2D eigenvalue weighted by Crippen LogP contribution is -2.60. The van der Waals surface area contributed by atoms with Crippen LogP contribution < -0.4 is 10.6 Å². The summed E-state index contributed by atoms with van der Waals surface area (Å²) in [5.74, 6) is -0.531. The predicted octanol–water partition coefficient (Wildman–Crippen LogP) is 2.26. The molecule has 0 aliphatic carbocycles. The van der Waals surface area contributed by atoms with E-state index in [0.717, 1.165) is 12.1 Å². The maximum Gasteiger partial charge on any atom is 0.323 e. The van der Waals surface area contributed by atoms with Gasteiger partial charge in [0.25, 0.3) is 10.2 Å². The number of hydrogen-bond acceptors (Lipinski definition) is 6. The highest BCUT2D eigenvalue weighted by Gasteiger charge is 2.38. The number of pyridine rings is 1. The SMILES string of the molecule is COC[C@H]1CN(S(=O)(=O)N2CCC2)CCN1Cc1cccc(NC(=O)Nc2ccc(C)nc2)c1F. The Morgan fingerprint density at radius 3 is 2.60 bits per heavy atom. The van der Waals surface area contributed by atoms with Crippen molar-refractivity contribution in [2.75, 3.05) is 57.1 Å². The molecule has 1 aromatic heterocycles. The van der Waals surface area contributed by atoms with Crippen LogP contribution in [0, 0.1) is 12.7 Å². The second kappa shape index (κ2) is 11.0. The number of rotatable bonds is 8. The molecule has 2 aromatic rings. The summed E-state index contributed by atoms with van der Waals surface area (Å²) in [7, 11) is -1.91. The monoisotopic (exact) mass is 506 g/mol. The number of carbonyl (C=O) groups excluding carboxylic acids is 1. The molecule has 190 valence electrons.